The number of halogens is 2. The Morgan fingerprint density at radius 2 is 1.77 bits per heavy atom. The van der Waals surface area contributed by atoms with Crippen LogP contribution in [0.25, 0.3) is 0 Å². The normalized spacial score (nSPS) is 10.4. The SMILES string of the molecule is CCCCCCOc1ccccc1C(=O)NNC(=O)COc1c(C)cc(Br)cc1Br. The van der Waals surface area contributed by atoms with E-state index in [1.807, 2.05) is 25.1 Å². The van der Waals surface area contributed by atoms with Gasteiger partial charge >= 0.3 is 0 Å². The van der Waals surface area contributed by atoms with E-state index in [2.05, 4.69) is 49.6 Å². The number of ether oxygens (including phenoxy) is 2. The maximum absolute atomic E-state index is 12.5. The summed E-state index contributed by atoms with van der Waals surface area (Å²) in [7, 11) is 0. The Morgan fingerprint density at radius 1 is 1.00 bits per heavy atom. The zero-order chi connectivity index (χ0) is 21.9. The fraction of sp³-hybridized carbons (Fsp3) is 0.364. The first-order chi connectivity index (χ1) is 14.4. The fourth-order valence-electron chi connectivity index (χ4n) is 2.73. The summed E-state index contributed by atoms with van der Waals surface area (Å²) in [6, 6.07) is 10.7. The molecule has 2 N–H and O–H groups in total. The van der Waals surface area contributed by atoms with Gasteiger partial charge in [-0.3, -0.25) is 20.4 Å². The van der Waals surface area contributed by atoms with Gasteiger partial charge in [-0.1, -0.05) is 54.2 Å². The lowest BCUT2D eigenvalue weighted by Gasteiger charge is -2.14. The molecule has 8 heteroatoms. The van der Waals surface area contributed by atoms with Crippen molar-refractivity contribution in [3.8, 4) is 11.5 Å². The van der Waals surface area contributed by atoms with Gasteiger partial charge in [0, 0.05) is 4.47 Å². The Labute approximate surface area is 193 Å². The molecule has 0 saturated carbocycles. The topological polar surface area (TPSA) is 76.7 Å². The van der Waals surface area contributed by atoms with E-state index in [0.29, 0.717) is 23.7 Å². The fourth-order valence-corrected chi connectivity index (χ4v) is 4.28. The van der Waals surface area contributed by atoms with E-state index in [0.717, 1.165) is 40.2 Å². The minimum absolute atomic E-state index is 0.239. The maximum Gasteiger partial charge on any atom is 0.276 e. The van der Waals surface area contributed by atoms with Crippen molar-refractivity contribution in [2.45, 2.75) is 39.5 Å². The molecule has 0 bridgehead atoms. The number of nitrogens with one attached hydrogen (secondary N) is 2. The van der Waals surface area contributed by atoms with Crippen LogP contribution in [-0.4, -0.2) is 25.0 Å². The molecular weight excluding hydrogens is 516 g/mol. The lowest BCUT2D eigenvalue weighted by atomic mass is 10.2. The van der Waals surface area contributed by atoms with E-state index in [1.165, 1.54) is 0 Å². The highest BCUT2D eigenvalue weighted by atomic mass is 79.9. The highest BCUT2D eigenvalue weighted by molar-refractivity contribution is 9.11. The smallest absolute Gasteiger partial charge is 0.276 e. The number of hydrazine groups is 1. The van der Waals surface area contributed by atoms with Crippen molar-refractivity contribution in [3.05, 3.63) is 56.5 Å². The van der Waals surface area contributed by atoms with Crippen LogP contribution in [0, 0.1) is 6.92 Å². The van der Waals surface area contributed by atoms with Crippen molar-refractivity contribution in [3.63, 3.8) is 0 Å². The molecule has 0 aliphatic heterocycles. The summed E-state index contributed by atoms with van der Waals surface area (Å²) in [4.78, 5) is 24.6. The van der Waals surface area contributed by atoms with Crippen molar-refractivity contribution < 1.29 is 19.1 Å². The number of amides is 2. The van der Waals surface area contributed by atoms with Crippen LogP contribution >= 0.6 is 31.9 Å². The lowest BCUT2D eigenvalue weighted by molar-refractivity contribution is -0.123. The van der Waals surface area contributed by atoms with Gasteiger partial charge < -0.3 is 9.47 Å². The summed E-state index contributed by atoms with van der Waals surface area (Å²) in [5.74, 6) is 0.136. The second kappa shape index (κ2) is 12.6. The lowest BCUT2D eigenvalue weighted by Crippen LogP contribution is -2.44. The van der Waals surface area contributed by atoms with E-state index < -0.39 is 11.8 Å². The summed E-state index contributed by atoms with van der Waals surface area (Å²) in [6.45, 7) is 4.34. The van der Waals surface area contributed by atoms with Crippen LogP contribution in [0.3, 0.4) is 0 Å². The molecule has 0 fully saturated rings. The summed E-state index contributed by atoms with van der Waals surface area (Å²) < 4.78 is 13.0. The molecule has 2 amide bonds. The third-order valence-corrected chi connectivity index (χ3v) is 5.29. The first-order valence-electron chi connectivity index (χ1n) is 9.81. The summed E-state index contributed by atoms with van der Waals surface area (Å²) in [5, 5.41) is 0. The van der Waals surface area contributed by atoms with Crippen LogP contribution in [0.4, 0.5) is 0 Å². The largest absolute Gasteiger partial charge is 0.493 e. The first-order valence-corrected chi connectivity index (χ1v) is 11.4. The van der Waals surface area contributed by atoms with Crippen LogP contribution in [0.1, 0.15) is 48.5 Å². The Kier molecular flexibility index (Phi) is 10.2. The van der Waals surface area contributed by atoms with Gasteiger partial charge in [0.15, 0.2) is 6.61 Å². The van der Waals surface area contributed by atoms with Crippen LogP contribution in [0.5, 0.6) is 11.5 Å². The quantitative estimate of drug-likeness (QED) is 0.315. The number of carbonyl (C=O) groups excluding carboxylic acids is 2. The molecule has 0 spiro atoms. The third-order valence-electron chi connectivity index (χ3n) is 4.24. The van der Waals surface area contributed by atoms with Crippen molar-refractivity contribution in [2.24, 2.45) is 0 Å². The highest BCUT2D eigenvalue weighted by Crippen LogP contribution is 2.32. The molecule has 2 rings (SSSR count). The summed E-state index contributed by atoms with van der Waals surface area (Å²) in [5.41, 5.74) is 6.01. The molecular formula is C22H26Br2N2O4. The van der Waals surface area contributed by atoms with Gasteiger partial charge in [-0.05, 0) is 59.1 Å². The Balaban J connectivity index is 1.85. The zero-order valence-electron chi connectivity index (χ0n) is 17.1. The van der Waals surface area contributed by atoms with E-state index >= 15 is 0 Å². The minimum Gasteiger partial charge on any atom is -0.493 e. The van der Waals surface area contributed by atoms with Gasteiger partial charge in [0.05, 0.1) is 16.6 Å². The predicted molar refractivity (Wildman–Crippen MR) is 124 cm³/mol. The molecule has 6 nitrogen and oxygen atoms in total. The number of carbonyl (C=O) groups is 2. The van der Waals surface area contributed by atoms with E-state index in [9.17, 15) is 9.59 Å². The van der Waals surface area contributed by atoms with E-state index in [1.54, 1.807) is 18.2 Å². The number of aryl methyl sites for hydroxylation is 1. The van der Waals surface area contributed by atoms with E-state index in [-0.39, 0.29) is 6.61 Å². The van der Waals surface area contributed by atoms with Gasteiger partial charge in [0.25, 0.3) is 11.8 Å². The first kappa shape index (κ1) is 24.2. The minimum atomic E-state index is -0.476. The van der Waals surface area contributed by atoms with Gasteiger partial charge in [0.2, 0.25) is 0 Å². The molecule has 30 heavy (non-hydrogen) atoms. The molecule has 0 aromatic heterocycles. The van der Waals surface area contributed by atoms with Gasteiger partial charge in [-0.2, -0.15) is 0 Å². The highest BCUT2D eigenvalue weighted by Gasteiger charge is 2.14. The molecule has 0 heterocycles. The predicted octanol–water partition coefficient (Wildman–Crippen LogP) is 5.32. The summed E-state index contributed by atoms with van der Waals surface area (Å²) in [6.07, 6.45) is 4.34. The summed E-state index contributed by atoms with van der Waals surface area (Å²) >= 11 is 6.81. The molecule has 2 aromatic rings. The van der Waals surface area contributed by atoms with Crippen LogP contribution in [0.15, 0.2) is 45.3 Å². The molecule has 0 radical (unpaired) electrons. The Bertz CT molecular complexity index is 851. The molecule has 2 aromatic carbocycles. The number of para-hydroxylation sites is 1. The monoisotopic (exact) mass is 540 g/mol. The average Bonchev–Trinajstić information content (AvgIpc) is 2.71. The van der Waals surface area contributed by atoms with Gasteiger partial charge in [-0.25, -0.2) is 0 Å². The molecule has 0 aliphatic rings. The average molecular weight is 542 g/mol. The van der Waals surface area contributed by atoms with Crippen molar-refractivity contribution >= 4 is 43.7 Å². The van der Waals surface area contributed by atoms with Gasteiger partial charge in [-0.15, -0.1) is 0 Å². The Hall–Kier alpha value is -2.06. The molecule has 0 saturated heterocycles. The van der Waals surface area contributed by atoms with Crippen molar-refractivity contribution in [1.29, 1.82) is 0 Å². The van der Waals surface area contributed by atoms with Crippen molar-refractivity contribution in [2.75, 3.05) is 13.2 Å². The molecule has 0 unspecified atom stereocenters. The van der Waals surface area contributed by atoms with Crippen LogP contribution in [0.2, 0.25) is 0 Å². The number of benzene rings is 2. The number of hydrogen-bond acceptors (Lipinski definition) is 4. The maximum atomic E-state index is 12.5. The molecule has 0 atom stereocenters. The number of hydrogen-bond donors (Lipinski definition) is 2. The van der Waals surface area contributed by atoms with Gasteiger partial charge in [0.1, 0.15) is 11.5 Å². The molecule has 0 aliphatic carbocycles. The standard InChI is InChI=1S/C22H26Br2N2O4/c1-3-4-5-8-11-29-19-10-7-6-9-17(19)22(28)26-25-20(27)14-30-21-15(2)12-16(23)13-18(21)24/h6-7,9-10,12-13H,3-5,8,11,14H2,1-2H3,(H,25,27)(H,26,28). The number of unbranched alkanes of at least 4 members (excludes halogenated alkanes) is 3. The van der Waals surface area contributed by atoms with E-state index in [4.69, 9.17) is 9.47 Å². The molecule has 162 valence electrons. The zero-order valence-corrected chi connectivity index (χ0v) is 20.3. The third kappa shape index (κ3) is 7.65. The van der Waals surface area contributed by atoms with Crippen LogP contribution in [-0.2, 0) is 4.79 Å². The van der Waals surface area contributed by atoms with Crippen LogP contribution < -0.4 is 20.3 Å². The van der Waals surface area contributed by atoms with Crippen molar-refractivity contribution in [1.82, 2.24) is 10.9 Å². The second-order valence-corrected chi connectivity index (χ2v) is 8.50. The Morgan fingerprint density at radius 3 is 2.50 bits per heavy atom. The second-order valence-electron chi connectivity index (χ2n) is 6.73. The number of rotatable bonds is 10.